The molecule has 0 unspecified atom stereocenters. The first-order valence-corrected chi connectivity index (χ1v) is 5.06. The van der Waals surface area contributed by atoms with Crippen LogP contribution in [0.25, 0.3) is 0 Å². The van der Waals surface area contributed by atoms with Crippen molar-refractivity contribution in [1.82, 2.24) is 0 Å². The summed E-state index contributed by atoms with van der Waals surface area (Å²) in [5, 5.41) is 0. The van der Waals surface area contributed by atoms with Gasteiger partial charge in [-0.2, -0.15) is 0 Å². The molecule has 12 heavy (non-hydrogen) atoms. The molecule has 0 aromatic heterocycles. The number of Topliss-reactive ketones (excluding diaryl/α,β-unsaturated/α-hetero) is 1. The van der Waals surface area contributed by atoms with Crippen molar-refractivity contribution in [2.75, 3.05) is 0 Å². The molecule has 0 heterocycles. The smallest absolute Gasteiger partial charge is 0.130 e. The molecule has 0 spiro atoms. The van der Waals surface area contributed by atoms with E-state index in [4.69, 9.17) is 0 Å². The topological polar surface area (TPSA) is 17.1 Å². The zero-order chi connectivity index (χ0) is 9.19. The lowest BCUT2D eigenvalue weighted by atomic mass is 9.72. The number of carbonyl (C=O) groups is 1. The maximum atomic E-state index is 11.1. The molecule has 0 aromatic carbocycles. The normalized spacial score (nSPS) is 21.7. The predicted octanol–water partition coefficient (Wildman–Crippen LogP) is 3.18. The van der Waals surface area contributed by atoms with Crippen molar-refractivity contribution >= 4 is 5.78 Å². The lowest BCUT2D eigenvalue weighted by Crippen LogP contribution is -2.26. The molecule has 1 saturated carbocycles. The minimum absolute atomic E-state index is 0.366. The summed E-state index contributed by atoms with van der Waals surface area (Å²) >= 11 is 0. The van der Waals surface area contributed by atoms with Gasteiger partial charge in [0.2, 0.25) is 0 Å². The highest BCUT2D eigenvalue weighted by molar-refractivity contribution is 5.76. The zero-order valence-electron chi connectivity index (χ0n) is 8.52. The summed E-state index contributed by atoms with van der Waals surface area (Å²) in [6.45, 7) is 6.24. The van der Waals surface area contributed by atoms with Gasteiger partial charge in [0, 0.05) is 6.42 Å². The molecule has 1 nitrogen and oxygen atoms in total. The van der Waals surface area contributed by atoms with Crippen LogP contribution in [0.2, 0.25) is 0 Å². The fourth-order valence-corrected chi connectivity index (χ4v) is 2.53. The zero-order valence-corrected chi connectivity index (χ0v) is 8.52. The predicted molar refractivity (Wildman–Crippen MR) is 51.0 cm³/mol. The van der Waals surface area contributed by atoms with E-state index >= 15 is 0 Å². The molecule has 0 radical (unpaired) electrons. The quantitative estimate of drug-likeness (QED) is 0.632. The highest BCUT2D eigenvalue weighted by Gasteiger charge is 2.37. The van der Waals surface area contributed by atoms with Crippen LogP contribution in [0.4, 0.5) is 0 Å². The molecule has 0 aliphatic heterocycles. The summed E-state index contributed by atoms with van der Waals surface area (Å²) in [5.41, 5.74) is 0.367. The highest BCUT2D eigenvalue weighted by atomic mass is 16.1. The Balaban J connectivity index is 2.65. The largest absolute Gasteiger partial charge is 0.300 e. The van der Waals surface area contributed by atoms with Gasteiger partial charge in [-0.1, -0.05) is 26.7 Å². The van der Waals surface area contributed by atoms with E-state index in [-0.39, 0.29) is 0 Å². The molecule has 70 valence electrons. The summed E-state index contributed by atoms with van der Waals surface area (Å²) in [6, 6.07) is 0. The Morgan fingerprint density at radius 1 is 1.33 bits per heavy atom. The first kappa shape index (κ1) is 9.76. The van der Waals surface area contributed by atoms with E-state index in [0.29, 0.717) is 17.1 Å². The van der Waals surface area contributed by atoms with Gasteiger partial charge in [0.15, 0.2) is 0 Å². The fourth-order valence-electron chi connectivity index (χ4n) is 2.53. The van der Waals surface area contributed by atoms with Crippen molar-refractivity contribution in [3.63, 3.8) is 0 Å². The summed E-state index contributed by atoms with van der Waals surface area (Å²) in [4.78, 5) is 11.1. The molecule has 0 N–H and O–H groups in total. The summed E-state index contributed by atoms with van der Waals surface area (Å²) in [7, 11) is 0. The molecule has 1 fully saturated rings. The maximum absolute atomic E-state index is 11.1. The fraction of sp³-hybridized carbons (Fsp3) is 0.909. The molecule has 0 bridgehead atoms. The van der Waals surface area contributed by atoms with Crippen LogP contribution in [-0.4, -0.2) is 5.78 Å². The molecule has 1 heteroatoms. The average molecular weight is 168 g/mol. The third kappa shape index (κ3) is 1.88. The molecule has 0 atom stereocenters. The van der Waals surface area contributed by atoms with Gasteiger partial charge >= 0.3 is 0 Å². The Morgan fingerprint density at radius 3 is 2.17 bits per heavy atom. The van der Waals surface area contributed by atoms with Crippen LogP contribution in [0.3, 0.4) is 0 Å². The molecule has 0 aromatic rings. The van der Waals surface area contributed by atoms with E-state index in [1.165, 1.54) is 25.7 Å². The monoisotopic (exact) mass is 168 g/mol. The second-order valence-electron chi connectivity index (χ2n) is 4.60. The van der Waals surface area contributed by atoms with Crippen molar-refractivity contribution in [2.24, 2.45) is 11.3 Å². The SMILES string of the molecule is CC(=O)CC1(C(C)C)CCCC1. The van der Waals surface area contributed by atoms with E-state index in [9.17, 15) is 4.79 Å². The first-order chi connectivity index (χ1) is 5.57. The van der Waals surface area contributed by atoms with E-state index in [2.05, 4.69) is 13.8 Å². The van der Waals surface area contributed by atoms with Crippen LogP contribution in [0.1, 0.15) is 52.9 Å². The lowest BCUT2D eigenvalue weighted by Gasteiger charge is -2.32. The number of hydrogen-bond donors (Lipinski definition) is 0. The number of carbonyl (C=O) groups excluding carboxylic acids is 1. The van der Waals surface area contributed by atoms with Crippen LogP contribution >= 0.6 is 0 Å². The van der Waals surface area contributed by atoms with Gasteiger partial charge in [0.1, 0.15) is 5.78 Å². The Kier molecular flexibility index (Phi) is 2.92. The molecule has 0 amide bonds. The van der Waals surface area contributed by atoms with Crippen molar-refractivity contribution in [2.45, 2.75) is 52.9 Å². The van der Waals surface area contributed by atoms with Gasteiger partial charge in [-0.25, -0.2) is 0 Å². The molecule has 1 aliphatic carbocycles. The lowest BCUT2D eigenvalue weighted by molar-refractivity contribution is -0.120. The van der Waals surface area contributed by atoms with Gasteiger partial charge in [-0.15, -0.1) is 0 Å². The second kappa shape index (κ2) is 3.59. The molecular formula is C11H20O. The standard InChI is InChI=1S/C11H20O/c1-9(2)11(8-10(3)12)6-4-5-7-11/h9H,4-8H2,1-3H3. The van der Waals surface area contributed by atoms with Crippen LogP contribution < -0.4 is 0 Å². The highest BCUT2D eigenvalue weighted by Crippen LogP contribution is 2.46. The second-order valence-corrected chi connectivity index (χ2v) is 4.60. The van der Waals surface area contributed by atoms with E-state index in [1.54, 1.807) is 6.92 Å². The van der Waals surface area contributed by atoms with Crippen molar-refractivity contribution < 1.29 is 4.79 Å². The van der Waals surface area contributed by atoms with E-state index < -0.39 is 0 Å². The summed E-state index contributed by atoms with van der Waals surface area (Å²) in [6.07, 6.45) is 6.00. The third-order valence-electron chi connectivity index (χ3n) is 3.43. The van der Waals surface area contributed by atoms with Crippen molar-refractivity contribution in [1.29, 1.82) is 0 Å². The minimum atomic E-state index is 0.366. The van der Waals surface area contributed by atoms with Gasteiger partial charge < -0.3 is 4.79 Å². The van der Waals surface area contributed by atoms with Crippen LogP contribution in [0.5, 0.6) is 0 Å². The third-order valence-corrected chi connectivity index (χ3v) is 3.43. The minimum Gasteiger partial charge on any atom is -0.300 e. The Labute approximate surface area is 75.5 Å². The van der Waals surface area contributed by atoms with Crippen molar-refractivity contribution in [3.8, 4) is 0 Å². The molecule has 1 rings (SSSR count). The van der Waals surface area contributed by atoms with Gasteiger partial charge in [0.25, 0.3) is 0 Å². The summed E-state index contributed by atoms with van der Waals surface area (Å²) < 4.78 is 0. The molecule has 0 saturated heterocycles. The van der Waals surface area contributed by atoms with E-state index in [0.717, 1.165) is 6.42 Å². The van der Waals surface area contributed by atoms with Crippen LogP contribution in [-0.2, 0) is 4.79 Å². The molecule has 1 aliphatic rings. The van der Waals surface area contributed by atoms with Gasteiger partial charge in [-0.3, -0.25) is 0 Å². The van der Waals surface area contributed by atoms with Crippen LogP contribution in [0, 0.1) is 11.3 Å². The van der Waals surface area contributed by atoms with Crippen molar-refractivity contribution in [3.05, 3.63) is 0 Å². The Bertz CT molecular complexity index is 164. The Hall–Kier alpha value is -0.330. The Morgan fingerprint density at radius 2 is 1.83 bits per heavy atom. The van der Waals surface area contributed by atoms with Gasteiger partial charge in [-0.05, 0) is 31.1 Å². The first-order valence-electron chi connectivity index (χ1n) is 5.06. The number of ketones is 1. The van der Waals surface area contributed by atoms with Crippen LogP contribution in [0.15, 0.2) is 0 Å². The maximum Gasteiger partial charge on any atom is 0.130 e. The van der Waals surface area contributed by atoms with E-state index in [1.807, 2.05) is 0 Å². The van der Waals surface area contributed by atoms with Gasteiger partial charge in [0.05, 0.1) is 0 Å². The number of rotatable bonds is 3. The number of hydrogen-bond acceptors (Lipinski definition) is 1. The molecular weight excluding hydrogens is 148 g/mol. The summed E-state index contributed by atoms with van der Waals surface area (Å²) in [5.74, 6) is 1.04. The average Bonchev–Trinajstić information content (AvgIpc) is 2.35.